The molecule has 2 aliphatic heterocycles. The minimum atomic E-state index is -0.0365. The number of nitrogens with two attached hydrogens (primary N) is 1. The number of rotatable bonds is 5. The van der Waals surface area contributed by atoms with E-state index in [9.17, 15) is 0 Å². The van der Waals surface area contributed by atoms with Crippen LogP contribution in [-0.4, -0.2) is 66.8 Å². The van der Waals surface area contributed by atoms with Gasteiger partial charge in [-0.3, -0.25) is 4.90 Å². The Morgan fingerprint density at radius 2 is 1.88 bits per heavy atom. The molecule has 0 aromatic heterocycles. The van der Waals surface area contributed by atoms with Crippen LogP contribution in [0.5, 0.6) is 0 Å². The van der Waals surface area contributed by atoms with E-state index in [-0.39, 0.29) is 6.10 Å². The first-order valence-electron chi connectivity index (χ1n) is 6.61. The van der Waals surface area contributed by atoms with Crippen LogP contribution in [0, 0.1) is 0 Å². The molecule has 0 radical (unpaired) electrons. The maximum atomic E-state index is 5.63. The molecule has 2 saturated heterocycles. The van der Waals surface area contributed by atoms with Crippen LogP contribution in [0.2, 0.25) is 0 Å². The third kappa shape index (κ3) is 4.17. The van der Waals surface area contributed by atoms with Crippen LogP contribution >= 0.6 is 12.2 Å². The van der Waals surface area contributed by atoms with E-state index in [1.165, 1.54) is 38.9 Å². The second kappa shape index (κ2) is 6.64. The molecule has 1 unspecified atom stereocenters. The Morgan fingerprint density at radius 1 is 1.18 bits per heavy atom. The molecule has 1 atom stereocenters. The molecule has 2 N–H and O–H groups in total. The minimum absolute atomic E-state index is 0.0365. The Balaban J connectivity index is 1.62. The molecule has 2 rings (SSSR count). The number of hydrogen-bond acceptors (Lipinski definition) is 4. The fourth-order valence-electron chi connectivity index (χ4n) is 2.60. The molecule has 2 heterocycles. The van der Waals surface area contributed by atoms with Crippen molar-refractivity contribution in [2.45, 2.75) is 25.4 Å². The summed E-state index contributed by atoms with van der Waals surface area (Å²) in [6, 6.07) is 0. The van der Waals surface area contributed by atoms with Crippen molar-refractivity contribution in [3.05, 3.63) is 0 Å². The van der Waals surface area contributed by atoms with Crippen LogP contribution in [-0.2, 0) is 4.74 Å². The molecule has 5 heteroatoms. The highest BCUT2D eigenvalue weighted by atomic mass is 32.1. The van der Waals surface area contributed by atoms with Crippen molar-refractivity contribution in [2.24, 2.45) is 5.73 Å². The Bertz CT molecular complexity index is 256. The van der Waals surface area contributed by atoms with E-state index in [4.69, 9.17) is 22.7 Å². The fourth-order valence-corrected chi connectivity index (χ4v) is 2.74. The lowest BCUT2D eigenvalue weighted by atomic mass is 10.2. The first-order chi connectivity index (χ1) is 8.25. The predicted molar refractivity (Wildman–Crippen MR) is 73.3 cm³/mol. The molecule has 0 spiro atoms. The number of nitrogens with zero attached hydrogens (tertiary/aromatic N) is 2. The predicted octanol–water partition coefficient (Wildman–Crippen LogP) is 0.459. The van der Waals surface area contributed by atoms with Crippen LogP contribution in [0.1, 0.15) is 19.3 Å². The SMILES string of the molecule is NC(=S)C1CN(CCCN2CCCC2)CCO1. The molecule has 98 valence electrons. The Hall–Kier alpha value is -0.230. The summed E-state index contributed by atoms with van der Waals surface area (Å²) in [5.74, 6) is 0. The molecule has 0 saturated carbocycles. The Morgan fingerprint density at radius 3 is 2.59 bits per heavy atom. The Kier molecular flexibility index (Phi) is 5.16. The summed E-state index contributed by atoms with van der Waals surface area (Å²) < 4.78 is 5.53. The van der Waals surface area contributed by atoms with Gasteiger partial charge in [-0.05, 0) is 45.4 Å². The average molecular weight is 257 g/mol. The highest BCUT2D eigenvalue weighted by Gasteiger charge is 2.22. The highest BCUT2D eigenvalue weighted by Crippen LogP contribution is 2.09. The summed E-state index contributed by atoms with van der Waals surface area (Å²) in [6.45, 7) is 7.59. The minimum Gasteiger partial charge on any atom is -0.391 e. The molecule has 2 aliphatic rings. The molecule has 0 aromatic rings. The third-order valence-electron chi connectivity index (χ3n) is 3.62. The number of hydrogen-bond donors (Lipinski definition) is 1. The second-order valence-electron chi connectivity index (χ2n) is 4.96. The number of thiocarbonyl (C=S) groups is 1. The van der Waals surface area contributed by atoms with E-state index in [0.29, 0.717) is 4.99 Å². The van der Waals surface area contributed by atoms with E-state index in [0.717, 1.165) is 26.2 Å². The molecule has 17 heavy (non-hydrogen) atoms. The van der Waals surface area contributed by atoms with Gasteiger partial charge in [0.15, 0.2) is 0 Å². The van der Waals surface area contributed by atoms with Crippen LogP contribution in [0.15, 0.2) is 0 Å². The van der Waals surface area contributed by atoms with Gasteiger partial charge in [0, 0.05) is 13.1 Å². The zero-order valence-electron chi connectivity index (χ0n) is 10.4. The van der Waals surface area contributed by atoms with E-state index >= 15 is 0 Å². The smallest absolute Gasteiger partial charge is 0.120 e. The van der Waals surface area contributed by atoms with Gasteiger partial charge in [-0.15, -0.1) is 0 Å². The van der Waals surface area contributed by atoms with Gasteiger partial charge in [0.25, 0.3) is 0 Å². The van der Waals surface area contributed by atoms with E-state index in [2.05, 4.69) is 9.80 Å². The van der Waals surface area contributed by atoms with Crippen molar-refractivity contribution >= 4 is 17.2 Å². The van der Waals surface area contributed by atoms with E-state index in [1.54, 1.807) is 0 Å². The molecule has 0 aromatic carbocycles. The van der Waals surface area contributed by atoms with E-state index in [1.807, 2.05) is 0 Å². The summed E-state index contributed by atoms with van der Waals surface area (Å²) in [7, 11) is 0. The van der Waals surface area contributed by atoms with Gasteiger partial charge in [0.2, 0.25) is 0 Å². The first kappa shape index (κ1) is 13.2. The van der Waals surface area contributed by atoms with Crippen LogP contribution < -0.4 is 5.73 Å². The van der Waals surface area contributed by atoms with Gasteiger partial charge in [-0.1, -0.05) is 12.2 Å². The molecule has 2 fully saturated rings. The quantitative estimate of drug-likeness (QED) is 0.725. The van der Waals surface area contributed by atoms with Crippen molar-refractivity contribution in [3.63, 3.8) is 0 Å². The summed E-state index contributed by atoms with van der Waals surface area (Å²) in [4.78, 5) is 5.48. The maximum Gasteiger partial charge on any atom is 0.120 e. The fraction of sp³-hybridized carbons (Fsp3) is 0.917. The maximum absolute atomic E-state index is 5.63. The molecule has 0 aliphatic carbocycles. The van der Waals surface area contributed by atoms with Gasteiger partial charge in [0.1, 0.15) is 11.1 Å². The van der Waals surface area contributed by atoms with Crippen LogP contribution in [0.4, 0.5) is 0 Å². The topological polar surface area (TPSA) is 41.7 Å². The molecule has 0 amide bonds. The number of likely N-dealkylation sites (tertiary alicyclic amines) is 1. The van der Waals surface area contributed by atoms with Gasteiger partial charge in [0.05, 0.1) is 6.61 Å². The second-order valence-corrected chi connectivity index (χ2v) is 5.44. The highest BCUT2D eigenvalue weighted by molar-refractivity contribution is 7.80. The summed E-state index contributed by atoms with van der Waals surface area (Å²) >= 11 is 4.99. The summed E-state index contributed by atoms with van der Waals surface area (Å²) in [5.41, 5.74) is 5.63. The van der Waals surface area contributed by atoms with Gasteiger partial charge in [-0.25, -0.2) is 0 Å². The zero-order valence-corrected chi connectivity index (χ0v) is 11.3. The molecule has 0 bridgehead atoms. The third-order valence-corrected chi connectivity index (χ3v) is 3.88. The lowest BCUT2D eigenvalue weighted by Gasteiger charge is -2.32. The lowest BCUT2D eigenvalue weighted by Crippen LogP contribution is -2.48. The van der Waals surface area contributed by atoms with Crippen molar-refractivity contribution in [2.75, 3.05) is 45.9 Å². The van der Waals surface area contributed by atoms with Crippen molar-refractivity contribution < 1.29 is 4.74 Å². The zero-order chi connectivity index (χ0) is 12.1. The summed E-state index contributed by atoms with van der Waals surface area (Å²) in [5, 5.41) is 0. The normalized spacial score (nSPS) is 27.4. The monoisotopic (exact) mass is 257 g/mol. The molecular formula is C12H23N3OS. The van der Waals surface area contributed by atoms with Crippen LogP contribution in [0.25, 0.3) is 0 Å². The van der Waals surface area contributed by atoms with Gasteiger partial charge in [-0.2, -0.15) is 0 Å². The van der Waals surface area contributed by atoms with Crippen molar-refractivity contribution in [1.82, 2.24) is 9.80 Å². The molecule has 4 nitrogen and oxygen atoms in total. The average Bonchev–Trinajstić information content (AvgIpc) is 2.82. The lowest BCUT2D eigenvalue weighted by molar-refractivity contribution is 0.00618. The summed E-state index contributed by atoms with van der Waals surface area (Å²) in [6.07, 6.45) is 3.96. The largest absolute Gasteiger partial charge is 0.391 e. The number of ether oxygens (including phenoxy) is 1. The molecular weight excluding hydrogens is 234 g/mol. The van der Waals surface area contributed by atoms with Gasteiger partial charge < -0.3 is 15.4 Å². The van der Waals surface area contributed by atoms with Crippen molar-refractivity contribution in [1.29, 1.82) is 0 Å². The first-order valence-corrected chi connectivity index (χ1v) is 7.02. The van der Waals surface area contributed by atoms with Crippen LogP contribution in [0.3, 0.4) is 0 Å². The Labute approximate surface area is 109 Å². The van der Waals surface area contributed by atoms with E-state index < -0.39 is 0 Å². The standard InChI is InChI=1S/C12H23N3OS/c13-12(17)11-10-15(8-9-16-11)7-3-6-14-4-1-2-5-14/h11H,1-10H2,(H2,13,17). The van der Waals surface area contributed by atoms with Gasteiger partial charge >= 0.3 is 0 Å². The number of morpholine rings is 1. The van der Waals surface area contributed by atoms with Crippen molar-refractivity contribution in [3.8, 4) is 0 Å².